The molecule has 1 atom stereocenters. The van der Waals surface area contributed by atoms with Gasteiger partial charge in [-0.05, 0) is 36.1 Å². The van der Waals surface area contributed by atoms with Crippen molar-refractivity contribution < 1.29 is 4.79 Å². The largest absolute Gasteiger partial charge is 0.293 e. The number of pyridine rings is 1. The van der Waals surface area contributed by atoms with Gasteiger partial charge in [-0.25, -0.2) is 0 Å². The lowest BCUT2D eigenvalue weighted by molar-refractivity contribution is -0.122. The van der Waals surface area contributed by atoms with Crippen LogP contribution >= 0.6 is 24.0 Å². The van der Waals surface area contributed by atoms with E-state index < -0.39 is 0 Å². The zero-order valence-electron chi connectivity index (χ0n) is 13.1. The Morgan fingerprint density at radius 2 is 2.09 bits per heavy atom. The summed E-state index contributed by atoms with van der Waals surface area (Å²) >= 11 is 6.81. The molecule has 0 aromatic carbocycles. The number of amides is 1. The summed E-state index contributed by atoms with van der Waals surface area (Å²) < 4.78 is 0.681. The molecule has 1 amide bonds. The van der Waals surface area contributed by atoms with Crippen molar-refractivity contribution in [3.63, 3.8) is 0 Å². The van der Waals surface area contributed by atoms with E-state index in [0.717, 1.165) is 24.9 Å². The van der Waals surface area contributed by atoms with Crippen molar-refractivity contribution in [2.24, 2.45) is 5.92 Å². The van der Waals surface area contributed by atoms with E-state index in [4.69, 9.17) is 12.2 Å². The first-order chi connectivity index (χ1) is 10.7. The SMILES string of the molecule is CCCC[C@H](CC)CN1C(=O)/C(=C\c2ccncc2)SC1=S. The topological polar surface area (TPSA) is 33.2 Å². The molecule has 3 nitrogen and oxygen atoms in total. The van der Waals surface area contributed by atoms with Crippen LogP contribution in [0.1, 0.15) is 45.1 Å². The van der Waals surface area contributed by atoms with Gasteiger partial charge in [-0.1, -0.05) is 57.1 Å². The number of thiocarbonyl (C=S) groups is 1. The fourth-order valence-electron chi connectivity index (χ4n) is 2.44. The zero-order valence-corrected chi connectivity index (χ0v) is 14.8. The third kappa shape index (κ3) is 4.40. The second-order valence-electron chi connectivity index (χ2n) is 5.49. The normalized spacial score (nSPS) is 18.3. The van der Waals surface area contributed by atoms with E-state index in [1.165, 1.54) is 24.6 Å². The van der Waals surface area contributed by atoms with Crippen LogP contribution in [0.2, 0.25) is 0 Å². The molecule has 22 heavy (non-hydrogen) atoms. The molecule has 1 aliphatic heterocycles. The molecule has 0 spiro atoms. The summed E-state index contributed by atoms with van der Waals surface area (Å²) in [6.45, 7) is 5.13. The van der Waals surface area contributed by atoms with Crippen LogP contribution in [-0.4, -0.2) is 26.7 Å². The van der Waals surface area contributed by atoms with E-state index in [2.05, 4.69) is 18.8 Å². The van der Waals surface area contributed by atoms with Gasteiger partial charge in [-0.3, -0.25) is 14.7 Å². The van der Waals surface area contributed by atoms with Gasteiger partial charge in [0.2, 0.25) is 0 Å². The van der Waals surface area contributed by atoms with Gasteiger partial charge >= 0.3 is 0 Å². The first kappa shape index (κ1) is 17.2. The molecule has 118 valence electrons. The summed E-state index contributed by atoms with van der Waals surface area (Å²) in [7, 11) is 0. The summed E-state index contributed by atoms with van der Waals surface area (Å²) in [6, 6.07) is 3.78. The number of unbranched alkanes of at least 4 members (excludes halogenated alkanes) is 1. The van der Waals surface area contributed by atoms with Crippen LogP contribution in [0, 0.1) is 5.92 Å². The highest BCUT2D eigenvalue weighted by atomic mass is 32.2. The highest BCUT2D eigenvalue weighted by molar-refractivity contribution is 8.26. The number of aromatic nitrogens is 1. The molecule has 0 saturated carbocycles. The van der Waals surface area contributed by atoms with Crippen LogP contribution in [0.25, 0.3) is 6.08 Å². The third-order valence-electron chi connectivity index (χ3n) is 3.86. The van der Waals surface area contributed by atoms with Gasteiger partial charge in [0.15, 0.2) is 0 Å². The van der Waals surface area contributed by atoms with Crippen molar-refractivity contribution in [2.75, 3.05) is 6.54 Å². The summed E-state index contributed by atoms with van der Waals surface area (Å²) in [5, 5.41) is 0. The lowest BCUT2D eigenvalue weighted by atomic mass is 9.99. The van der Waals surface area contributed by atoms with Crippen molar-refractivity contribution in [2.45, 2.75) is 39.5 Å². The number of nitrogens with zero attached hydrogens (tertiary/aromatic N) is 2. The van der Waals surface area contributed by atoms with E-state index in [1.807, 2.05) is 18.2 Å². The molecule has 5 heteroatoms. The standard InChI is InChI=1S/C17H22N2OS2/c1-3-5-6-13(4-2)12-19-16(20)15(22-17(19)21)11-14-7-9-18-10-8-14/h7-11,13H,3-6,12H2,1-2H3/b15-11+/t13-/m0/s1. The molecule has 0 unspecified atom stereocenters. The average molecular weight is 335 g/mol. The molecule has 1 saturated heterocycles. The highest BCUT2D eigenvalue weighted by Crippen LogP contribution is 2.33. The minimum Gasteiger partial charge on any atom is -0.293 e. The molecule has 0 bridgehead atoms. The van der Waals surface area contributed by atoms with E-state index in [0.29, 0.717) is 15.1 Å². The van der Waals surface area contributed by atoms with Crippen molar-refractivity contribution in [3.05, 3.63) is 35.0 Å². The first-order valence-corrected chi connectivity index (χ1v) is 9.03. The Hall–Kier alpha value is -1.20. The molecule has 0 aliphatic carbocycles. The summed E-state index contributed by atoms with van der Waals surface area (Å²) in [5.41, 5.74) is 0.980. The number of hydrogen-bond acceptors (Lipinski definition) is 4. The molecule has 1 fully saturated rings. The van der Waals surface area contributed by atoms with E-state index in [1.54, 1.807) is 17.3 Å². The number of rotatable bonds is 7. The Bertz CT molecular complexity index is 557. The maximum atomic E-state index is 12.6. The first-order valence-electron chi connectivity index (χ1n) is 7.81. The van der Waals surface area contributed by atoms with Gasteiger partial charge in [0.1, 0.15) is 4.32 Å². The third-order valence-corrected chi connectivity index (χ3v) is 5.24. The molecule has 0 radical (unpaired) electrons. The van der Waals surface area contributed by atoms with E-state index in [9.17, 15) is 4.79 Å². The Labute approximate surface area is 142 Å². The molecule has 2 rings (SSSR count). The fourth-order valence-corrected chi connectivity index (χ4v) is 3.72. The van der Waals surface area contributed by atoms with Crippen LogP contribution in [0.15, 0.2) is 29.4 Å². The van der Waals surface area contributed by atoms with Gasteiger partial charge < -0.3 is 0 Å². The summed E-state index contributed by atoms with van der Waals surface area (Å²) in [5.74, 6) is 0.574. The van der Waals surface area contributed by atoms with Crippen LogP contribution < -0.4 is 0 Å². The fraction of sp³-hybridized carbons (Fsp3) is 0.471. The Kier molecular flexibility index (Phi) is 6.58. The maximum absolute atomic E-state index is 12.6. The van der Waals surface area contributed by atoms with Crippen LogP contribution in [-0.2, 0) is 4.79 Å². The molecule has 2 heterocycles. The molecule has 1 aromatic heterocycles. The average Bonchev–Trinajstić information content (AvgIpc) is 2.79. The minimum absolute atomic E-state index is 0.0433. The number of carbonyl (C=O) groups excluding carboxylic acids is 1. The smallest absolute Gasteiger partial charge is 0.266 e. The second-order valence-corrected chi connectivity index (χ2v) is 7.17. The lowest BCUT2D eigenvalue weighted by Gasteiger charge is -2.21. The molecular formula is C17H22N2OS2. The van der Waals surface area contributed by atoms with Crippen LogP contribution in [0.3, 0.4) is 0 Å². The van der Waals surface area contributed by atoms with Crippen molar-refractivity contribution >= 4 is 40.3 Å². The predicted octanol–water partition coefficient (Wildman–Crippen LogP) is 4.50. The maximum Gasteiger partial charge on any atom is 0.266 e. The van der Waals surface area contributed by atoms with Gasteiger partial charge in [-0.15, -0.1) is 0 Å². The van der Waals surface area contributed by atoms with Crippen molar-refractivity contribution in [1.82, 2.24) is 9.88 Å². The summed E-state index contributed by atoms with van der Waals surface area (Å²) in [6.07, 6.45) is 9.99. The monoisotopic (exact) mass is 334 g/mol. The molecule has 1 aromatic rings. The Morgan fingerprint density at radius 1 is 1.36 bits per heavy atom. The van der Waals surface area contributed by atoms with E-state index >= 15 is 0 Å². The van der Waals surface area contributed by atoms with Crippen molar-refractivity contribution in [3.8, 4) is 0 Å². The second kappa shape index (κ2) is 8.44. The number of hydrogen-bond donors (Lipinski definition) is 0. The quantitative estimate of drug-likeness (QED) is 0.543. The zero-order chi connectivity index (χ0) is 15.9. The molecule has 1 aliphatic rings. The van der Waals surface area contributed by atoms with Gasteiger partial charge in [-0.2, -0.15) is 0 Å². The summed E-state index contributed by atoms with van der Waals surface area (Å²) in [4.78, 5) is 19.1. The molecule has 0 N–H and O–H groups in total. The van der Waals surface area contributed by atoms with Gasteiger partial charge in [0, 0.05) is 18.9 Å². The van der Waals surface area contributed by atoms with Gasteiger partial charge in [0.05, 0.1) is 4.91 Å². The van der Waals surface area contributed by atoms with Crippen molar-refractivity contribution in [1.29, 1.82) is 0 Å². The van der Waals surface area contributed by atoms with E-state index in [-0.39, 0.29) is 5.91 Å². The predicted molar refractivity (Wildman–Crippen MR) is 97.4 cm³/mol. The molecular weight excluding hydrogens is 312 g/mol. The van der Waals surface area contributed by atoms with Gasteiger partial charge in [0.25, 0.3) is 5.91 Å². The van der Waals surface area contributed by atoms with Crippen LogP contribution in [0.4, 0.5) is 0 Å². The Balaban J connectivity index is 2.07. The lowest BCUT2D eigenvalue weighted by Crippen LogP contribution is -2.33. The van der Waals surface area contributed by atoms with Crippen LogP contribution in [0.5, 0.6) is 0 Å². The minimum atomic E-state index is 0.0433. The number of carbonyl (C=O) groups is 1. The number of thioether (sulfide) groups is 1. The Morgan fingerprint density at radius 3 is 2.73 bits per heavy atom. The highest BCUT2D eigenvalue weighted by Gasteiger charge is 2.33.